The number of carbonyl (C=O) groups excluding carboxylic acids is 1. The average molecular weight is 231 g/mol. The molecule has 0 bridgehead atoms. The van der Waals surface area contributed by atoms with Crippen LogP contribution >= 0.6 is 0 Å². The van der Waals surface area contributed by atoms with Crippen LogP contribution in [0.5, 0.6) is 0 Å². The third kappa shape index (κ3) is 2.28. The second-order valence-corrected chi connectivity index (χ2v) is 3.50. The van der Waals surface area contributed by atoms with Gasteiger partial charge in [0.15, 0.2) is 0 Å². The van der Waals surface area contributed by atoms with Crippen LogP contribution in [0, 0.1) is 5.82 Å². The topological polar surface area (TPSA) is 47.8 Å². The quantitative estimate of drug-likeness (QED) is 0.598. The zero-order valence-corrected chi connectivity index (χ0v) is 9.17. The lowest BCUT2D eigenvalue weighted by Gasteiger charge is -2.08. The number of hydrogen-bond acceptors (Lipinski definition) is 3. The van der Waals surface area contributed by atoms with Crippen molar-refractivity contribution >= 4 is 12.0 Å². The van der Waals surface area contributed by atoms with Crippen molar-refractivity contribution in [3.63, 3.8) is 0 Å². The van der Waals surface area contributed by atoms with Gasteiger partial charge in [0, 0.05) is 11.1 Å². The molecule has 0 fully saturated rings. The van der Waals surface area contributed by atoms with Gasteiger partial charge in [0.25, 0.3) is 0 Å². The van der Waals surface area contributed by atoms with Gasteiger partial charge in [-0.1, -0.05) is 0 Å². The van der Waals surface area contributed by atoms with Crippen molar-refractivity contribution in [3.05, 3.63) is 53.9 Å². The van der Waals surface area contributed by atoms with Crippen LogP contribution in [0.4, 0.5) is 4.39 Å². The molecule has 0 unspecified atom stereocenters. The van der Waals surface area contributed by atoms with Gasteiger partial charge in [0.2, 0.25) is 0 Å². The van der Waals surface area contributed by atoms with Gasteiger partial charge < -0.3 is 0 Å². The second kappa shape index (κ2) is 4.69. The van der Waals surface area contributed by atoms with Gasteiger partial charge in [-0.2, -0.15) is 5.10 Å². The Hall–Kier alpha value is -2.30. The highest BCUT2D eigenvalue weighted by Crippen LogP contribution is 2.19. The van der Waals surface area contributed by atoms with Crippen molar-refractivity contribution in [1.82, 2.24) is 14.8 Å². The number of hydrogen-bond donors (Lipinski definition) is 0. The molecule has 1 aromatic heterocycles. The predicted octanol–water partition coefficient (Wildman–Crippen LogP) is 1.90. The number of benzene rings is 1. The Bertz CT molecular complexity index is 544. The van der Waals surface area contributed by atoms with Gasteiger partial charge in [0.1, 0.15) is 24.8 Å². The predicted molar refractivity (Wildman–Crippen MR) is 60.5 cm³/mol. The molecular formula is C12H10FN3O. The minimum Gasteiger partial charge on any atom is -0.298 e. The van der Waals surface area contributed by atoms with E-state index in [-0.39, 0.29) is 5.82 Å². The minimum atomic E-state index is -0.324. The Kier molecular flexibility index (Phi) is 3.09. The average Bonchev–Trinajstić information content (AvgIpc) is 2.85. The molecule has 2 rings (SSSR count). The third-order valence-electron chi connectivity index (χ3n) is 2.32. The largest absolute Gasteiger partial charge is 0.298 e. The highest BCUT2D eigenvalue weighted by molar-refractivity contribution is 5.87. The van der Waals surface area contributed by atoms with E-state index in [4.69, 9.17) is 0 Å². The summed E-state index contributed by atoms with van der Waals surface area (Å²) >= 11 is 0. The lowest BCUT2D eigenvalue weighted by Crippen LogP contribution is -2.03. The molecule has 0 atom stereocenters. The summed E-state index contributed by atoms with van der Waals surface area (Å²) in [4.78, 5) is 14.7. The minimum absolute atomic E-state index is 0.324. The Morgan fingerprint density at radius 1 is 1.35 bits per heavy atom. The molecular weight excluding hydrogens is 221 g/mol. The summed E-state index contributed by atoms with van der Waals surface area (Å²) in [5, 5.41) is 3.98. The first-order chi connectivity index (χ1) is 8.22. The van der Waals surface area contributed by atoms with Gasteiger partial charge in [-0.15, -0.1) is 0 Å². The fraction of sp³-hybridized carbons (Fsp3) is 0.0833. The second-order valence-electron chi connectivity index (χ2n) is 3.50. The summed E-state index contributed by atoms with van der Waals surface area (Å²) in [6.45, 7) is 1.67. The monoisotopic (exact) mass is 231 g/mol. The maximum atomic E-state index is 12.9. The Labute approximate surface area is 97.4 Å². The van der Waals surface area contributed by atoms with Crippen molar-refractivity contribution < 1.29 is 9.18 Å². The number of aldehydes is 1. The van der Waals surface area contributed by atoms with Gasteiger partial charge in [-0.3, -0.25) is 4.79 Å². The zero-order chi connectivity index (χ0) is 12.3. The van der Waals surface area contributed by atoms with E-state index in [1.807, 2.05) is 0 Å². The summed E-state index contributed by atoms with van der Waals surface area (Å²) in [5.41, 5.74) is 1.81. The van der Waals surface area contributed by atoms with Crippen molar-refractivity contribution in [2.75, 3.05) is 0 Å². The summed E-state index contributed by atoms with van der Waals surface area (Å²) in [6, 6.07) is 5.87. The van der Waals surface area contributed by atoms with Crippen LogP contribution in [0.25, 0.3) is 5.70 Å². The maximum Gasteiger partial charge on any atom is 0.147 e. The molecule has 0 N–H and O–H groups in total. The van der Waals surface area contributed by atoms with E-state index in [9.17, 15) is 9.18 Å². The molecule has 0 saturated carbocycles. The fourth-order valence-electron chi connectivity index (χ4n) is 1.53. The number of rotatable bonds is 3. The van der Waals surface area contributed by atoms with Gasteiger partial charge >= 0.3 is 0 Å². The Balaban J connectivity index is 2.56. The molecule has 17 heavy (non-hydrogen) atoms. The first kappa shape index (κ1) is 11.2. The SMILES string of the molecule is CC(C=O)=C(c1ccc(F)cc1)n1cncn1. The molecule has 0 aliphatic carbocycles. The van der Waals surface area contributed by atoms with Gasteiger partial charge in [-0.25, -0.2) is 14.1 Å². The zero-order valence-electron chi connectivity index (χ0n) is 9.17. The number of carbonyl (C=O) groups is 1. The van der Waals surface area contributed by atoms with E-state index in [2.05, 4.69) is 10.1 Å². The number of nitrogens with zero attached hydrogens (tertiary/aromatic N) is 3. The molecule has 0 aliphatic rings. The summed E-state index contributed by atoms with van der Waals surface area (Å²) in [5.74, 6) is -0.324. The molecule has 0 spiro atoms. The van der Waals surface area contributed by atoms with Crippen LogP contribution < -0.4 is 0 Å². The van der Waals surface area contributed by atoms with Crippen molar-refractivity contribution in [1.29, 1.82) is 0 Å². The normalized spacial score (nSPS) is 12.1. The van der Waals surface area contributed by atoms with E-state index in [1.54, 1.807) is 19.1 Å². The molecule has 1 heterocycles. The fourth-order valence-corrected chi connectivity index (χ4v) is 1.53. The molecule has 2 aromatic rings. The van der Waals surface area contributed by atoms with E-state index >= 15 is 0 Å². The standard InChI is InChI=1S/C12H10FN3O/c1-9(6-17)12(16-8-14-7-15-16)10-2-4-11(13)5-3-10/h2-8H,1H3. The number of allylic oxidation sites excluding steroid dienone is 1. The Morgan fingerprint density at radius 3 is 2.59 bits per heavy atom. The van der Waals surface area contributed by atoms with Crippen molar-refractivity contribution in [2.45, 2.75) is 6.92 Å². The number of halogens is 1. The molecule has 0 saturated heterocycles. The van der Waals surface area contributed by atoms with Crippen LogP contribution in [0.1, 0.15) is 12.5 Å². The number of aromatic nitrogens is 3. The molecule has 0 aliphatic heterocycles. The molecule has 5 heteroatoms. The summed E-state index contributed by atoms with van der Waals surface area (Å²) < 4.78 is 14.3. The lowest BCUT2D eigenvalue weighted by atomic mass is 10.1. The molecule has 86 valence electrons. The molecule has 4 nitrogen and oxygen atoms in total. The van der Waals surface area contributed by atoms with Crippen molar-refractivity contribution in [3.8, 4) is 0 Å². The van der Waals surface area contributed by atoms with E-state index in [1.165, 1.54) is 29.5 Å². The van der Waals surface area contributed by atoms with E-state index in [0.29, 0.717) is 16.8 Å². The van der Waals surface area contributed by atoms with Gasteiger partial charge in [0.05, 0.1) is 5.70 Å². The van der Waals surface area contributed by atoms with E-state index < -0.39 is 0 Å². The first-order valence-corrected chi connectivity index (χ1v) is 4.99. The third-order valence-corrected chi connectivity index (χ3v) is 2.32. The molecule has 1 aromatic carbocycles. The Morgan fingerprint density at radius 2 is 2.06 bits per heavy atom. The smallest absolute Gasteiger partial charge is 0.147 e. The molecule has 0 amide bonds. The van der Waals surface area contributed by atoms with Crippen LogP contribution in [-0.2, 0) is 4.79 Å². The highest BCUT2D eigenvalue weighted by atomic mass is 19.1. The lowest BCUT2D eigenvalue weighted by molar-refractivity contribution is -0.104. The summed E-state index contributed by atoms with van der Waals surface area (Å²) in [6.07, 6.45) is 3.60. The van der Waals surface area contributed by atoms with Crippen molar-refractivity contribution in [2.24, 2.45) is 0 Å². The highest BCUT2D eigenvalue weighted by Gasteiger charge is 2.09. The first-order valence-electron chi connectivity index (χ1n) is 4.99. The van der Waals surface area contributed by atoms with Crippen LogP contribution in [0.2, 0.25) is 0 Å². The van der Waals surface area contributed by atoms with Crippen LogP contribution in [0.3, 0.4) is 0 Å². The van der Waals surface area contributed by atoms with Crippen LogP contribution in [0.15, 0.2) is 42.5 Å². The summed E-state index contributed by atoms with van der Waals surface area (Å²) in [7, 11) is 0. The van der Waals surface area contributed by atoms with Gasteiger partial charge in [-0.05, 0) is 31.2 Å². The maximum absolute atomic E-state index is 12.9. The molecule has 0 radical (unpaired) electrons. The van der Waals surface area contributed by atoms with E-state index in [0.717, 1.165) is 6.29 Å². The van der Waals surface area contributed by atoms with Crippen LogP contribution in [-0.4, -0.2) is 21.1 Å².